The Kier molecular flexibility index (Phi) is 6.45. The lowest BCUT2D eigenvalue weighted by Crippen LogP contribution is -2.20. The Morgan fingerprint density at radius 3 is 2.33 bits per heavy atom. The minimum absolute atomic E-state index is 0.0924. The summed E-state index contributed by atoms with van der Waals surface area (Å²) in [5.74, 6) is 1.61. The number of nitrogens with zero attached hydrogens (tertiary/aromatic N) is 1. The van der Waals surface area contributed by atoms with Crippen LogP contribution in [0.25, 0.3) is 10.9 Å². The lowest BCUT2D eigenvalue weighted by Gasteiger charge is -2.16. The van der Waals surface area contributed by atoms with E-state index in [1.807, 2.05) is 41.8 Å². The number of hydrogen-bond acceptors (Lipinski definition) is 5. The van der Waals surface area contributed by atoms with Gasteiger partial charge in [0, 0.05) is 17.3 Å². The molecule has 0 atom stereocenters. The van der Waals surface area contributed by atoms with Crippen LogP contribution in [0.15, 0.2) is 77.7 Å². The van der Waals surface area contributed by atoms with Crippen molar-refractivity contribution in [1.82, 2.24) is 4.57 Å². The van der Waals surface area contributed by atoms with Crippen molar-refractivity contribution in [2.75, 3.05) is 20.8 Å². The number of carbonyl (C=O) groups excluding carboxylic acids is 1. The van der Waals surface area contributed by atoms with E-state index < -0.39 is 0 Å². The second-order valence-corrected chi connectivity index (χ2v) is 7.48. The van der Waals surface area contributed by atoms with Gasteiger partial charge in [0.1, 0.15) is 17.2 Å². The fourth-order valence-corrected chi connectivity index (χ4v) is 3.84. The van der Waals surface area contributed by atoms with Crippen molar-refractivity contribution in [3.63, 3.8) is 0 Å². The molecule has 0 unspecified atom stereocenters. The SMILES string of the molecule is CCOc1ccc(C(=O)c2cn(Cc3ccccc3OC)c3ccc(OC)cc3c2=O)cc1. The van der Waals surface area contributed by atoms with Crippen LogP contribution in [-0.4, -0.2) is 31.2 Å². The maximum atomic E-state index is 13.4. The molecule has 0 saturated heterocycles. The minimum Gasteiger partial charge on any atom is -0.497 e. The molecule has 0 saturated carbocycles. The third kappa shape index (κ3) is 4.46. The van der Waals surface area contributed by atoms with Crippen LogP contribution in [0, 0.1) is 0 Å². The average molecular weight is 443 g/mol. The lowest BCUT2D eigenvalue weighted by molar-refractivity contribution is 0.103. The van der Waals surface area contributed by atoms with E-state index in [1.54, 1.807) is 56.8 Å². The maximum Gasteiger partial charge on any atom is 0.200 e. The van der Waals surface area contributed by atoms with Gasteiger partial charge in [-0.3, -0.25) is 9.59 Å². The molecule has 4 rings (SSSR count). The van der Waals surface area contributed by atoms with Crippen molar-refractivity contribution >= 4 is 16.7 Å². The first-order valence-corrected chi connectivity index (χ1v) is 10.7. The van der Waals surface area contributed by atoms with Crippen molar-refractivity contribution in [3.8, 4) is 17.2 Å². The molecule has 3 aromatic carbocycles. The summed E-state index contributed by atoms with van der Waals surface area (Å²) in [5.41, 5.74) is 1.81. The second kappa shape index (κ2) is 9.61. The fraction of sp³-hybridized carbons (Fsp3) is 0.185. The smallest absolute Gasteiger partial charge is 0.200 e. The van der Waals surface area contributed by atoms with Crippen LogP contribution in [0.1, 0.15) is 28.4 Å². The number of aromatic nitrogens is 1. The highest BCUT2D eigenvalue weighted by molar-refractivity contribution is 6.10. The van der Waals surface area contributed by atoms with Gasteiger partial charge in [-0.15, -0.1) is 0 Å². The highest BCUT2D eigenvalue weighted by atomic mass is 16.5. The maximum absolute atomic E-state index is 13.4. The zero-order valence-electron chi connectivity index (χ0n) is 18.8. The van der Waals surface area contributed by atoms with Gasteiger partial charge in [-0.05, 0) is 55.5 Å². The highest BCUT2D eigenvalue weighted by Gasteiger charge is 2.18. The third-order valence-electron chi connectivity index (χ3n) is 5.49. The molecule has 1 aromatic heterocycles. The van der Waals surface area contributed by atoms with Crippen LogP contribution >= 0.6 is 0 Å². The molecule has 4 aromatic rings. The number of hydrogen-bond donors (Lipinski definition) is 0. The number of carbonyl (C=O) groups is 1. The number of benzene rings is 3. The standard InChI is InChI=1S/C27H25NO5/c1-4-33-20-11-9-18(10-12-20)26(29)23-17-28(16-19-7-5-6-8-25(19)32-3)24-14-13-21(31-2)15-22(24)27(23)30/h5-15,17H,4,16H2,1-3H3. The summed E-state index contributed by atoms with van der Waals surface area (Å²) in [5, 5.41) is 0.418. The molecule has 6 heteroatoms. The summed E-state index contributed by atoms with van der Waals surface area (Å²) in [6, 6.07) is 19.8. The molecule has 168 valence electrons. The van der Waals surface area contributed by atoms with E-state index in [0.717, 1.165) is 11.3 Å². The van der Waals surface area contributed by atoms with Gasteiger partial charge in [0.05, 0.1) is 43.8 Å². The van der Waals surface area contributed by atoms with E-state index in [-0.39, 0.29) is 16.8 Å². The molecule has 1 heterocycles. The lowest BCUT2D eigenvalue weighted by atomic mass is 10.0. The number of fused-ring (bicyclic) bond motifs is 1. The largest absolute Gasteiger partial charge is 0.497 e. The van der Waals surface area contributed by atoms with Gasteiger partial charge in [0.2, 0.25) is 5.43 Å². The first kappa shape index (κ1) is 22.1. The number of ketones is 1. The number of para-hydroxylation sites is 1. The Morgan fingerprint density at radius 1 is 0.909 bits per heavy atom. The predicted octanol–water partition coefficient (Wildman–Crippen LogP) is 4.70. The van der Waals surface area contributed by atoms with Crippen molar-refractivity contribution in [1.29, 1.82) is 0 Å². The van der Waals surface area contributed by atoms with E-state index in [0.29, 0.717) is 41.1 Å². The van der Waals surface area contributed by atoms with Gasteiger partial charge in [0.25, 0.3) is 0 Å². The molecule has 0 N–H and O–H groups in total. The minimum atomic E-state index is -0.346. The van der Waals surface area contributed by atoms with Gasteiger partial charge in [-0.2, -0.15) is 0 Å². The first-order valence-electron chi connectivity index (χ1n) is 10.7. The van der Waals surface area contributed by atoms with E-state index in [1.165, 1.54) is 0 Å². The van der Waals surface area contributed by atoms with Crippen molar-refractivity contribution in [3.05, 3.63) is 99.8 Å². The molecular formula is C27H25NO5. The van der Waals surface area contributed by atoms with Gasteiger partial charge in [-0.1, -0.05) is 18.2 Å². The summed E-state index contributed by atoms with van der Waals surface area (Å²) < 4.78 is 18.2. The van der Waals surface area contributed by atoms with Crippen LogP contribution in [0.3, 0.4) is 0 Å². The number of rotatable bonds is 8. The van der Waals surface area contributed by atoms with E-state index in [9.17, 15) is 9.59 Å². The first-order chi connectivity index (χ1) is 16.0. The normalized spacial score (nSPS) is 10.8. The molecular weight excluding hydrogens is 418 g/mol. The quantitative estimate of drug-likeness (QED) is 0.370. The Morgan fingerprint density at radius 2 is 1.64 bits per heavy atom. The molecule has 0 radical (unpaired) electrons. The molecule has 6 nitrogen and oxygen atoms in total. The molecule has 33 heavy (non-hydrogen) atoms. The topological polar surface area (TPSA) is 66.8 Å². The second-order valence-electron chi connectivity index (χ2n) is 7.48. The monoisotopic (exact) mass is 443 g/mol. The van der Waals surface area contributed by atoms with Gasteiger partial charge in [-0.25, -0.2) is 0 Å². The summed E-state index contributed by atoms with van der Waals surface area (Å²) in [4.78, 5) is 26.7. The molecule has 0 spiro atoms. The van der Waals surface area contributed by atoms with Gasteiger partial charge < -0.3 is 18.8 Å². The van der Waals surface area contributed by atoms with Crippen molar-refractivity contribution in [2.45, 2.75) is 13.5 Å². The Bertz CT molecular complexity index is 1360. The van der Waals surface area contributed by atoms with E-state index in [2.05, 4.69) is 0 Å². The summed E-state index contributed by atoms with van der Waals surface area (Å²) in [6.07, 6.45) is 1.63. The highest BCUT2D eigenvalue weighted by Crippen LogP contribution is 2.24. The van der Waals surface area contributed by atoms with Crippen molar-refractivity contribution in [2.24, 2.45) is 0 Å². The summed E-state index contributed by atoms with van der Waals surface area (Å²) in [6.45, 7) is 2.86. The van der Waals surface area contributed by atoms with Crippen LogP contribution < -0.4 is 19.6 Å². The van der Waals surface area contributed by atoms with Crippen LogP contribution in [0.5, 0.6) is 17.2 Å². The zero-order valence-corrected chi connectivity index (χ0v) is 18.8. The number of methoxy groups -OCH3 is 2. The molecule has 0 aliphatic rings. The van der Waals surface area contributed by atoms with Crippen LogP contribution in [0.2, 0.25) is 0 Å². The van der Waals surface area contributed by atoms with E-state index >= 15 is 0 Å². The van der Waals surface area contributed by atoms with Crippen molar-refractivity contribution < 1.29 is 19.0 Å². The molecule has 0 aliphatic heterocycles. The van der Waals surface area contributed by atoms with Crippen LogP contribution in [-0.2, 0) is 6.54 Å². The molecule has 0 aliphatic carbocycles. The predicted molar refractivity (Wildman–Crippen MR) is 128 cm³/mol. The van der Waals surface area contributed by atoms with Gasteiger partial charge in [0.15, 0.2) is 5.78 Å². The number of pyridine rings is 1. The Hall–Kier alpha value is -4.06. The summed E-state index contributed by atoms with van der Waals surface area (Å²) >= 11 is 0. The molecule has 0 fully saturated rings. The average Bonchev–Trinajstić information content (AvgIpc) is 2.86. The van der Waals surface area contributed by atoms with Gasteiger partial charge >= 0.3 is 0 Å². The third-order valence-corrected chi connectivity index (χ3v) is 5.49. The zero-order chi connectivity index (χ0) is 23.4. The van der Waals surface area contributed by atoms with E-state index in [4.69, 9.17) is 14.2 Å². The Labute approximate surface area is 192 Å². The van der Waals surface area contributed by atoms with Crippen LogP contribution in [0.4, 0.5) is 0 Å². The Balaban J connectivity index is 1.86. The molecule has 0 bridgehead atoms. The summed E-state index contributed by atoms with van der Waals surface area (Å²) in [7, 11) is 3.16. The molecule has 0 amide bonds. The fourth-order valence-electron chi connectivity index (χ4n) is 3.84. The number of ether oxygens (including phenoxy) is 3.